The van der Waals surface area contributed by atoms with E-state index in [1.807, 2.05) is 6.92 Å². The molecule has 0 spiro atoms. The van der Waals surface area contributed by atoms with E-state index in [1.54, 1.807) is 11.6 Å². The quantitative estimate of drug-likeness (QED) is 0.697. The molecule has 0 aromatic carbocycles. The van der Waals surface area contributed by atoms with Crippen molar-refractivity contribution in [3.63, 3.8) is 0 Å². The predicted molar refractivity (Wildman–Crippen MR) is 50.1 cm³/mol. The fraction of sp³-hybridized carbons (Fsp3) is 0.286. The van der Waals surface area contributed by atoms with Crippen molar-refractivity contribution in [3.8, 4) is 0 Å². The fourth-order valence-electron chi connectivity index (χ4n) is 1.19. The topological polar surface area (TPSA) is 55.1 Å². The van der Waals surface area contributed by atoms with Gasteiger partial charge in [0.15, 0.2) is 0 Å². The molecular formula is C7H8ClN5. The second kappa shape index (κ2) is 2.85. The molecule has 0 amide bonds. The summed E-state index contributed by atoms with van der Waals surface area (Å²) >= 11 is 5.90. The van der Waals surface area contributed by atoms with Gasteiger partial charge in [0.25, 0.3) is 5.78 Å². The number of aromatic nitrogens is 4. The van der Waals surface area contributed by atoms with Crippen LogP contribution in [-0.4, -0.2) is 26.6 Å². The van der Waals surface area contributed by atoms with Crippen LogP contribution in [-0.2, 0) is 0 Å². The van der Waals surface area contributed by atoms with Crippen LogP contribution in [0.25, 0.3) is 5.78 Å². The number of halogens is 1. The van der Waals surface area contributed by atoms with Crippen molar-refractivity contribution in [2.24, 2.45) is 0 Å². The Kier molecular flexibility index (Phi) is 1.81. The van der Waals surface area contributed by atoms with Crippen LogP contribution in [0.15, 0.2) is 6.33 Å². The molecule has 0 saturated heterocycles. The lowest BCUT2D eigenvalue weighted by molar-refractivity contribution is 0.932. The molecule has 0 unspecified atom stereocenters. The first-order valence-electron chi connectivity index (χ1n) is 3.77. The second-order valence-corrected chi connectivity index (χ2v) is 2.96. The lowest BCUT2D eigenvalue weighted by atomic mass is 10.3. The fourth-order valence-corrected chi connectivity index (χ4v) is 1.36. The van der Waals surface area contributed by atoms with Gasteiger partial charge in [-0.15, -0.1) is 0 Å². The van der Waals surface area contributed by atoms with Crippen LogP contribution in [0.5, 0.6) is 0 Å². The van der Waals surface area contributed by atoms with E-state index in [0.29, 0.717) is 10.9 Å². The predicted octanol–water partition coefficient (Wildman–Crippen LogP) is 1.13. The first-order valence-corrected chi connectivity index (χ1v) is 4.15. The summed E-state index contributed by atoms with van der Waals surface area (Å²) in [6, 6.07) is 0. The molecule has 68 valence electrons. The van der Waals surface area contributed by atoms with E-state index in [9.17, 15) is 0 Å². The lowest BCUT2D eigenvalue weighted by Gasteiger charge is -2.07. The minimum atomic E-state index is 0.449. The highest BCUT2D eigenvalue weighted by Crippen LogP contribution is 2.20. The van der Waals surface area contributed by atoms with Crippen LogP contribution in [0.1, 0.15) is 5.56 Å². The van der Waals surface area contributed by atoms with Gasteiger partial charge in [-0.2, -0.15) is 19.6 Å². The van der Waals surface area contributed by atoms with Crippen molar-refractivity contribution in [2.75, 3.05) is 12.4 Å². The number of hydrogen-bond donors (Lipinski definition) is 1. The third-order valence-corrected chi connectivity index (χ3v) is 2.21. The molecule has 1 N–H and O–H groups in total. The Labute approximate surface area is 79.8 Å². The smallest absolute Gasteiger partial charge is 0.255 e. The zero-order valence-corrected chi connectivity index (χ0v) is 8.00. The molecule has 2 rings (SSSR count). The number of anilines is 1. The van der Waals surface area contributed by atoms with E-state index < -0.39 is 0 Å². The Balaban J connectivity index is 2.87. The molecule has 2 aromatic rings. The van der Waals surface area contributed by atoms with Crippen molar-refractivity contribution in [1.29, 1.82) is 0 Å². The summed E-state index contributed by atoms with van der Waals surface area (Å²) in [5, 5.41) is 7.46. The molecule has 0 saturated carbocycles. The van der Waals surface area contributed by atoms with Gasteiger partial charge in [0.1, 0.15) is 17.3 Å². The van der Waals surface area contributed by atoms with E-state index in [2.05, 4.69) is 20.4 Å². The maximum absolute atomic E-state index is 5.90. The summed E-state index contributed by atoms with van der Waals surface area (Å²) in [4.78, 5) is 8.00. The van der Waals surface area contributed by atoms with Gasteiger partial charge < -0.3 is 5.32 Å². The number of nitrogens with zero attached hydrogens (tertiary/aromatic N) is 4. The third kappa shape index (κ3) is 1.12. The molecule has 0 aliphatic heterocycles. The molecule has 0 fully saturated rings. The molecule has 2 aromatic heterocycles. The van der Waals surface area contributed by atoms with Gasteiger partial charge in [-0.05, 0) is 6.92 Å². The highest BCUT2D eigenvalue weighted by atomic mass is 35.5. The van der Waals surface area contributed by atoms with Gasteiger partial charge >= 0.3 is 0 Å². The van der Waals surface area contributed by atoms with Crippen LogP contribution in [0, 0.1) is 6.92 Å². The van der Waals surface area contributed by atoms with E-state index in [4.69, 9.17) is 11.6 Å². The normalized spacial score (nSPS) is 10.7. The van der Waals surface area contributed by atoms with Crippen molar-refractivity contribution < 1.29 is 0 Å². The van der Waals surface area contributed by atoms with Gasteiger partial charge in [0, 0.05) is 12.6 Å². The van der Waals surface area contributed by atoms with Gasteiger partial charge in [0.2, 0.25) is 0 Å². The van der Waals surface area contributed by atoms with Crippen LogP contribution >= 0.6 is 11.6 Å². The molecule has 0 bridgehead atoms. The standard InChI is InChI=1S/C7H8ClN5/c1-4-5(8)12-7-10-3-11-13(7)6(4)9-2/h3,9H,1-2H3. The minimum absolute atomic E-state index is 0.449. The monoisotopic (exact) mass is 197 g/mol. The van der Waals surface area contributed by atoms with Crippen LogP contribution < -0.4 is 5.32 Å². The first-order chi connectivity index (χ1) is 6.24. The Morgan fingerprint density at radius 3 is 3.00 bits per heavy atom. The Bertz CT molecular complexity index is 449. The molecule has 0 atom stereocenters. The van der Waals surface area contributed by atoms with E-state index >= 15 is 0 Å². The van der Waals surface area contributed by atoms with Gasteiger partial charge in [0.05, 0.1) is 0 Å². The highest BCUT2D eigenvalue weighted by Gasteiger charge is 2.09. The van der Waals surface area contributed by atoms with Crippen molar-refractivity contribution in [3.05, 3.63) is 17.0 Å². The minimum Gasteiger partial charge on any atom is -0.373 e. The van der Waals surface area contributed by atoms with Gasteiger partial charge in [-0.1, -0.05) is 11.6 Å². The van der Waals surface area contributed by atoms with Crippen LogP contribution in [0.2, 0.25) is 5.15 Å². The van der Waals surface area contributed by atoms with Crippen molar-refractivity contribution in [1.82, 2.24) is 19.6 Å². The summed E-state index contributed by atoms with van der Waals surface area (Å²) in [6.45, 7) is 1.88. The van der Waals surface area contributed by atoms with E-state index in [1.165, 1.54) is 6.33 Å². The summed E-state index contributed by atoms with van der Waals surface area (Å²) in [5.41, 5.74) is 0.863. The van der Waals surface area contributed by atoms with Crippen molar-refractivity contribution in [2.45, 2.75) is 6.92 Å². The zero-order chi connectivity index (χ0) is 9.42. The Morgan fingerprint density at radius 2 is 2.31 bits per heavy atom. The number of nitrogens with one attached hydrogen (secondary N) is 1. The number of hydrogen-bond acceptors (Lipinski definition) is 4. The average molecular weight is 198 g/mol. The van der Waals surface area contributed by atoms with Crippen LogP contribution in [0.4, 0.5) is 5.82 Å². The lowest BCUT2D eigenvalue weighted by Crippen LogP contribution is -2.04. The molecule has 0 radical (unpaired) electrons. The molecule has 0 aliphatic carbocycles. The molecule has 5 nitrogen and oxygen atoms in total. The van der Waals surface area contributed by atoms with E-state index in [0.717, 1.165) is 11.4 Å². The molecule has 0 aliphatic rings. The van der Waals surface area contributed by atoms with Gasteiger partial charge in [-0.3, -0.25) is 0 Å². The second-order valence-electron chi connectivity index (χ2n) is 2.60. The summed E-state index contributed by atoms with van der Waals surface area (Å²) < 4.78 is 1.61. The van der Waals surface area contributed by atoms with Crippen molar-refractivity contribution >= 4 is 23.2 Å². The number of rotatable bonds is 1. The maximum Gasteiger partial charge on any atom is 0.255 e. The molecule has 13 heavy (non-hydrogen) atoms. The summed E-state index contributed by atoms with van der Waals surface area (Å²) in [5.74, 6) is 1.31. The zero-order valence-electron chi connectivity index (χ0n) is 7.24. The molecule has 6 heteroatoms. The van der Waals surface area contributed by atoms with E-state index in [-0.39, 0.29) is 0 Å². The summed E-state index contributed by atoms with van der Waals surface area (Å²) in [6.07, 6.45) is 1.44. The summed E-state index contributed by atoms with van der Waals surface area (Å²) in [7, 11) is 1.81. The number of fused-ring (bicyclic) bond motifs is 1. The SMILES string of the molecule is CNc1c(C)c(Cl)nc2ncnn12. The average Bonchev–Trinajstić information content (AvgIpc) is 2.54. The Hall–Kier alpha value is -1.36. The highest BCUT2D eigenvalue weighted by molar-refractivity contribution is 6.30. The largest absolute Gasteiger partial charge is 0.373 e. The maximum atomic E-state index is 5.90. The Morgan fingerprint density at radius 1 is 1.54 bits per heavy atom. The third-order valence-electron chi connectivity index (χ3n) is 1.84. The van der Waals surface area contributed by atoms with Crippen LogP contribution in [0.3, 0.4) is 0 Å². The molecule has 2 heterocycles. The molecular weight excluding hydrogens is 190 g/mol. The first kappa shape index (κ1) is 8.25. The van der Waals surface area contributed by atoms with Gasteiger partial charge in [-0.25, -0.2) is 0 Å².